The second kappa shape index (κ2) is 21.1. The van der Waals surface area contributed by atoms with Gasteiger partial charge in [-0.15, -0.1) is 24.0 Å². The fraction of sp³-hybridized carbons (Fsp3) is 0.485. The van der Waals surface area contributed by atoms with Crippen LogP contribution >= 0.6 is 24.0 Å². The van der Waals surface area contributed by atoms with Gasteiger partial charge in [-0.25, -0.2) is 0 Å². The van der Waals surface area contributed by atoms with Crippen LogP contribution in [0.25, 0.3) is 0 Å². The van der Waals surface area contributed by atoms with Crippen molar-refractivity contribution >= 4 is 47.9 Å². The van der Waals surface area contributed by atoms with E-state index in [0.717, 1.165) is 37.0 Å². The van der Waals surface area contributed by atoms with Crippen LogP contribution in [-0.2, 0) is 46.2 Å². The van der Waals surface area contributed by atoms with Gasteiger partial charge in [0.15, 0.2) is 0 Å². The zero-order chi connectivity index (χ0) is 33.4. The fourth-order valence-corrected chi connectivity index (χ4v) is 4.43. The lowest BCUT2D eigenvalue weighted by Crippen LogP contribution is -2.37. The van der Waals surface area contributed by atoms with Crippen LogP contribution < -0.4 is 4.74 Å². The summed E-state index contributed by atoms with van der Waals surface area (Å²) in [6.45, 7) is 10.9. The Bertz CT molecular complexity index is 1280. The summed E-state index contributed by atoms with van der Waals surface area (Å²) in [6.07, 6.45) is 0.987. The quantitative estimate of drug-likeness (QED) is 0.228. The third-order valence-corrected chi connectivity index (χ3v) is 6.06. The molecule has 1 aliphatic heterocycles. The summed E-state index contributed by atoms with van der Waals surface area (Å²) < 4.78 is 23.2. The fourth-order valence-electron chi connectivity index (χ4n) is 4.43. The van der Waals surface area contributed by atoms with Crippen LogP contribution in [0.4, 0.5) is 0 Å². The molecule has 12 heteroatoms. The lowest BCUT2D eigenvalue weighted by molar-refractivity contribution is -0.169. The van der Waals surface area contributed by atoms with E-state index in [-0.39, 0.29) is 42.7 Å². The molecule has 3 atom stereocenters. The molecule has 1 fully saturated rings. The molecule has 11 nitrogen and oxygen atoms in total. The topological polar surface area (TPSA) is 169 Å². The molecule has 0 bridgehead atoms. The first-order valence-corrected chi connectivity index (χ1v) is 14.3. The molecule has 2 aromatic carbocycles. The van der Waals surface area contributed by atoms with E-state index in [1.165, 1.54) is 19.4 Å². The largest absolute Gasteiger partial charge is 0.491 e. The highest BCUT2D eigenvalue weighted by Gasteiger charge is 2.35. The van der Waals surface area contributed by atoms with Gasteiger partial charge in [0, 0.05) is 46.1 Å². The average Bonchev–Trinajstić information content (AvgIpc) is 2.91. The number of benzene rings is 2. The number of hydrogen-bond donors (Lipinski definition) is 2. The Balaban J connectivity index is 0.00000192. The van der Waals surface area contributed by atoms with Crippen molar-refractivity contribution < 1.29 is 48.3 Å². The lowest BCUT2D eigenvalue weighted by Gasteiger charge is -2.35. The summed E-state index contributed by atoms with van der Waals surface area (Å²) in [7, 11) is 0. The molecule has 0 unspecified atom stereocenters. The monoisotopic (exact) mass is 741 g/mol. The number of carboxylic acids is 2. The molecular weight excluding hydrogens is 697 g/mol. The van der Waals surface area contributed by atoms with Crippen molar-refractivity contribution in [1.29, 1.82) is 5.26 Å². The minimum Gasteiger partial charge on any atom is -0.491 e. The van der Waals surface area contributed by atoms with Crippen molar-refractivity contribution in [3.63, 3.8) is 0 Å². The average molecular weight is 742 g/mol. The number of rotatable bonds is 9. The summed E-state index contributed by atoms with van der Waals surface area (Å²) in [5.41, 5.74) is 4.54. The van der Waals surface area contributed by atoms with Gasteiger partial charge < -0.3 is 29.2 Å². The number of esters is 2. The molecule has 1 aliphatic rings. The molecule has 0 aromatic heterocycles. The van der Waals surface area contributed by atoms with Crippen molar-refractivity contribution in [2.45, 2.75) is 98.6 Å². The predicted octanol–water partition coefficient (Wildman–Crippen LogP) is 6.01. The zero-order valence-corrected chi connectivity index (χ0v) is 29.2. The molecule has 2 N–H and O–H groups in total. The van der Waals surface area contributed by atoms with Crippen molar-refractivity contribution in [3.05, 3.63) is 64.2 Å². The number of aliphatic carboxylic acids is 2. The van der Waals surface area contributed by atoms with Crippen molar-refractivity contribution in [3.8, 4) is 11.8 Å². The Labute approximate surface area is 281 Å². The number of carboxylic acid groups (broad SMARTS) is 2. The number of hydrogen-bond acceptors (Lipinski definition) is 9. The number of ether oxygens (including phenoxy) is 4. The van der Waals surface area contributed by atoms with Crippen LogP contribution in [0.2, 0.25) is 0 Å². The maximum Gasteiger partial charge on any atom is 0.302 e. The number of nitrogens with zero attached hydrogens (tertiary/aromatic N) is 1. The highest BCUT2D eigenvalue weighted by Crippen LogP contribution is 2.40. The molecule has 1 saturated heterocycles. The molecule has 0 radical (unpaired) electrons. The molecule has 2 aromatic rings. The molecule has 0 saturated carbocycles. The van der Waals surface area contributed by atoms with Crippen molar-refractivity contribution in [2.75, 3.05) is 6.61 Å². The first-order valence-electron chi connectivity index (χ1n) is 14.3. The van der Waals surface area contributed by atoms with Crippen LogP contribution in [0, 0.1) is 11.3 Å². The van der Waals surface area contributed by atoms with Crippen LogP contribution in [0.1, 0.15) is 95.2 Å². The van der Waals surface area contributed by atoms with Crippen LogP contribution in [-0.4, -0.2) is 59.0 Å². The highest BCUT2D eigenvalue weighted by molar-refractivity contribution is 14.0. The Morgan fingerprint density at radius 2 is 1.51 bits per heavy atom. The third kappa shape index (κ3) is 16.8. The van der Waals surface area contributed by atoms with E-state index in [2.05, 4.69) is 37.3 Å². The third-order valence-electron chi connectivity index (χ3n) is 6.06. The highest BCUT2D eigenvalue weighted by atomic mass is 127. The smallest absolute Gasteiger partial charge is 0.302 e. The minimum atomic E-state index is -0.833. The van der Waals surface area contributed by atoms with Gasteiger partial charge in [-0.3, -0.25) is 19.2 Å². The van der Waals surface area contributed by atoms with E-state index in [0.29, 0.717) is 30.6 Å². The Morgan fingerprint density at radius 3 is 1.98 bits per heavy atom. The Morgan fingerprint density at radius 1 is 0.956 bits per heavy atom. The Hall–Kier alpha value is -3.70. The first kappa shape index (κ1) is 41.3. The van der Waals surface area contributed by atoms with Gasteiger partial charge in [0.25, 0.3) is 11.9 Å². The first-order chi connectivity index (χ1) is 20.6. The number of halogens is 1. The van der Waals surface area contributed by atoms with Gasteiger partial charge in [0.2, 0.25) is 0 Å². The van der Waals surface area contributed by atoms with Gasteiger partial charge in [0.1, 0.15) is 18.5 Å². The van der Waals surface area contributed by atoms with Gasteiger partial charge >= 0.3 is 11.9 Å². The van der Waals surface area contributed by atoms with E-state index < -0.39 is 36.2 Å². The maximum atomic E-state index is 11.7. The second-order valence-corrected chi connectivity index (χ2v) is 10.5. The van der Waals surface area contributed by atoms with E-state index in [1.54, 1.807) is 6.07 Å². The molecular formula is C33H44INO10. The normalized spacial score (nSPS) is 16.6. The second-order valence-electron chi connectivity index (χ2n) is 10.5. The van der Waals surface area contributed by atoms with Gasteiger partial charge in [-0.1, -0.05) is 31.2 Å². The summed E-state index contributed by atoms with van der Waals surface area (Å²) in [5.74, 6) is -1.88. The number of carbonyl (C=O) groups is 4. The van der Waals surface area contributed by atoms with Gasteiger partial charge in [0.05, 0.1) is 29.9 Å². The SMILES string of the molecule is CC(=O)O.CC(=O)O.CCc1ccc(Cc2cc([C@H]3C[C@@H](OC(C)=O)C[C@@H](COC(C)=O)O3)c(OC(C)C)cc2C#N)cc1.I. The van der Waals surface area contributed by atoms with E-state index >= 15 is 0 Å². The predicted molar refractivity (Wildman–Crippen MR) is 177 cm³/mol. The summed E-state index contributed by atoms with van der Waals surface area (Å²) >= 11 is 0. The van der Waals surface area contributed by atoms with Gasteiger partial charge in [-0.05, 0) is 55.5 Å². The summed E-state index contributed by atoms with van der Waals surface area (Å²) in [6, 6.07) is 14.4. The van der Waals surface area contributed by atoms with Crippen LogP contribution in [0.5, 0.6) is 5.75 Å². The zero-order valence-electron chi connectivity index (χ0n) is 26.8. The number of carbonyl (C=O) groups excluding carboxylic acids is 2. The maximum absolute atomic E-state index is 11.7. The standard InChI is InChI=1S/C29H35NO6.2C2H4O2.HI/c1-6-21-7-9-22(10-8-21)11-23-12-27(28(34-18(2)3)13-24(23)16-30)29-15-25(35-20(5)32)14-26(36-29)17-33-19(4)31;2*1-2(3)4;/h7-10,12-13,18,25-26,29H,6,11,14-15,17H2,1-5H3;2*1H3,(H,3,4);1H/t25-,26-,29+;;;/m0.../s1. The summed E-state index contributed by atoms with van der Waals surface area (Å²) in [4.78, 5) is 41.1. The van der Waals surface area contributed by atoms with Crippen molar-refractivity contribution in [2.24, 2.45) is 0 Å². The van der Waals surface area contributed by atoms with Crippen LogP contribution in [0.3, 0.4) is 0 Å². The summed E-state index contributed by atoms with van der Waals surface area (Å²) in [5, 5.41) is 24.7. The van der Waals surface area contributed by atoms with Gasteiger partial charge in [-0.2, -0.15) is 5.26 Å². The lowest BCUT2D eigenvalue weighted by atomic mass is 9.91. The van der Waals surface area contributed by atoms with Crippen molar-refractivity contribution in [1.82, 2.24) is 0 Å². The Kier molecular flexibility index (Phi) is 19.4. The molecule has 1 heterocycles. The number of aryl methyl sites for hydroxylation is 1. The molecule has 0 spiro atoms. The molecule has 248 valence electrons. The minimum absolute atomic E-state index is 0. The van der Waals surface area contributed by atoms with E-state index in [1.807, 2.05) is 19.9 Å². The van der Waals surface area contributed by atoms with E-state index in [4.69, 9.17) is 38.7 Å². The molecule has 3 rings (SSSR count). The van der Waals surface area contributed by atoms with Crippen LogP contribution in [0.15, 0.2) is 36.4 Å². The molecule has 0 amide bonds. The molecule has 0 aliphatic carbocycles. The molecule has 45 heavy (non-hydrogen) atoms. The number of nitriles is 1. The van der Waals surface area contributed by atoms with E-state index in [9.17, 15) is 14.9 Å².